The van der Waals surface area contributed by atoms with Crippen molar-refractivity contribution >= 4 is 22.6 Å². The van der Waals surface area contributed by atoms with Crippen LogP contribution in [0.5, 0.6) is 0 Å². The van der Waals surface area contributed by atoms with Crippen LogP contribution in [0.3, 0.4) is 0 Å². The van der Waals surface area contributed by atoms with Gasteiger partial charge in [0.15, 0.2) is 5.03 Å². The summed E-state index contributed by atoms with van der Waals surface area (Å²) in [6, 6.07) is 12.5. The number of hydrazone groups is 1. The monoisotopic (exact) mass is 306 g/mol. The second-order valence-corrected chi connectivity index (χ2v) is 6.53. The van der Waals surface area contributed by atoms with E-state index in [4.69, 9.17) is 0 Å². The Labute approximate surface area is 134 Å². The first-order chi connectivity index (χ1) is 11.1. The second kappa shape index (κ2) is 5.30. The predicted molar refractivity (Wildman–Crippen MR) is 92.0 cm³/mol. The molecule has 1 fully saturated rings. The molecule has 0 N–H and O–H groups in total. The average Bonchev–Trinajstić information content (AvgIpc) is 2.56. The number of nitro groups is 1. The molecule has 3 atom stereocenters. The van der Waals surface area contributed by atoms with Crippen LogP contribution < -0.4 is 0 Å². The lowest BCUT2D eigenvalue weighted by Crippen LogP contribution is -2.34. The molecule has 0 saturated heterocycles. The first-order valence-corrected chi connectivity index (χ1v) is 8.08. The standard InChI is InChI=1S/C19H18N2O2/c1-12-6-7-14-9-10-16-15-5-3-2-4-13(15)8-11-17(16)18(14)19(12)20-21(22)23/h2-5,8-12,14,18H,6-7H2,1H3. The Morgan fingerprint density at radius 3 is 2.83 bits per heavy atom. The quantitative estimate of drug-likeness (QED) is 0.570. The molecular weight excluding hydrogens is 288 g/mol. The molecule has 2 aliphatic rings. The van der Waals surface area contributed by atoms with E-state index in [0.29, 0.717) is 5.92 Å². The fraction of sp³-hybridized carbons (Fsp3) is 0.316. The Morgan fingerprint density at radius 1 is 1.17 bits per heavy atom. The van der Waals surface area contributed by atoms with Crippen LogP contribution in [0.1, 0.15) is 36.8 Å². The van der Waals surface area contributed by atoms with Crippen molar-refractivity contribution in [1.82, 2.24) is 0 Å². The van der Waals surface area contributed by atoms with E-state index in [-0.39, 0.29) is 11.8 Å². The van der Waals surface area contributed by atoms with Crippen LogP contribution in [0, 0.1) is 22.0 Å². The summed E-state index contributed by atoms with van der Waals surface area (Å²) in [5.41, 5.74) is 3.10. The van der Waals surface area contributed by atoms with Crippen LogP contribution in [0.2, 0.25) is 0 Å². The van der Waals surface area contributed by atoms with Gasteiger partial charge in [-0.3, -0.25) is 0 Å². The van der Waals surface area contributed by atoms with E-state index in [9.17, 15) is 10.1 Å². The maximum absolute atomic E-state index is 11.0. The van der Waals surface area contributed by atoms with E-state index in [1.165, 1.54) is 21.9 Å². The van der Waals surface area contributed by atoms with E-state index in [0.717, 1.165) is 18.6 Å². The van der Waals surface area contributed by atoms with Gasteiger partial charge in [0.1, 0.15) is 5.71 Å². The van der Waals surface area contributed by atoms with Crippen LogP contribution >= 0.6 is 0 Å². The molecule has 2 aliphatic carbocycles. The number of hydrogen-bond donors (Lipinski definition) is 0. The number of nitrogens with zero attached hydrogens (tertiary/aromatic N) is 2. The SMILES string of the molecule is CC1CCC2C=Cc3c(ccc4ccccc34)C2C1=N[N+](=O)[O-]. The fourth-order valence-corrected chi connectivity index (χ4v) is 4.12. The topological polar surface area (TPSA) is 55.5 Å². The summed E-state index contributed by atoms with van der Waals surface area (Å²) in [4.78, 5) is 11.0. The molecule has 0 aliphatic heterocycles. The van der Waals surface area contributed by atoms with Crippen molar-refractivity contribution in [2.24, 2.45) is 16.9 Å². The van der Waals surface area contributed by atoms with Crippen LogP contribution in [0.4, 0.5) is 0 Å². The van der Waals surface area contributed by atoms with E-state index in [1.54, 1.807) is 0 Å². The third-order valence-corrected chi connectivity index (χ3v) is 5.23. The van der Waals surface area contributed by atoms with Crippen molar-refractivity contribution in [2.75, 3.05) is 0 Å². The Bertz CT molecular complexity index is 854. The molecule has 0 spiro atoms. The maximum Gasteiger partial charge on any atom is 0.190 e. The Morgan fingerprint density at radius 2 is 2.00 bits per heavy atom. The van der Waals surface area contributed by atoms with Crippen LogP contribution in [-0.4, -0.2) is 10.7 Å². The van der Waals surface area contributed by atoms with Gasteiger partial charge in [0.2, 0.25) is 0 Å². The number of allylic oxidation sites excluding steroid dienone is 1. The van der Waals surface area contributed by atoms with Gasteiger partial charge >= 0.3 is 0 Å². The van der Waals surface area contributed by atoms with Crippen molar-refractivity contribution in [3.8, 4) is 0 Å². The summed E-state index contributed by atoms with van der Waals surface area (Å²) in [7, 11) is 0. The molecule has 0 radical (unpaired) electrons. The highest BCUT2D eigenvalue weighted by Gasteiger charge is 2.39. The van der Waals surface area contributed by atoms with Gasteiger partial charge in [0.25, 0.3) is 0 Å². The molecule has 23 heavy (non-hydrogen) atoms. The van der Waals surface area contributed by atoms with Crippen molar-refractivity contribution in [1.29, 1.82) is 0 Å². The smallest absolute Gasteiger partial charge is 0.190 e. The molecule has 4 heteroatoms. The molecule has 2 aromatic carbocycles. The van der Waals surface area contributed by atoms with E-state index in [2.05, 4.69) is 48.4 Å². The van der Waals surface area contributed by atoms with Gasteiger partial charge in [-0.05, 0) is 40.7 Å². The Balaban J connectivity index is 1.94. The molecule has 116 valence electrons. The number of benzene rings is 2. The lowest BCUT2D eigenvalue weighted by Gasteiger charge is -2.37. The van der Waals surface area contributed by atoms with E-state index >= 15 is 0 Å². The molecule has 0 amide bonds. The molecule has 3 unspecified atom stereocenters. The molecule has 0 bridgehead atoms. The van der Waals surface area contributed by atoms with Gasteiger partial charge in [-0.2, -0.15) is 0 Å². The van der Waals surface area contributed by atoms with E-state index < -0.39 is 5.03 Å². The molecule has 0 aromatic heterocycles. The van der Waals surface area contributed by atoms with Gasteiger partial charge in [-0.1, -0.05) is 55.5 Å². The van der Waals surface area contributed by atoms with Gasteiger partial charge < -0.3 is 0 Å². The Hall–Kier alpha value is -2.49. The second-order valence-electron chi connectivity index (χ2n) is 6.53. The summed E-state index contributed by atoms with van der Waals surface area (Å²) in [6.45, 7) is 2.05. The zero-order chi connectivity index (χ0) is 16.0. The number of hydrogen-bond acceptors (Lipinski definition) is 2. The van der Waals surface area contributed by atoms with Gasteiger partial charge in [-0.15, -0.1) is 0 Å². The van der Waals surface area contributed by atoms with E-state index in [1.807, 2.05) is 12.1 Å². The first-order valence-electron chi connectivity index (χ1n) is 8.08. The summed E-state index contributed by atoms with van der Waals surface area (Å²) < 4.78 is 0. The summed E-state index contributed by atoms with van der Waals surface area (Å²) >= 11 is 0. The minimum atomic E-state index is -0.534. The molecule has 1 saturated carbocycles. The van der Waals surface area contributed by atoms with Gasteiger partial charge in [0.05, 0.1) is 5.10 Å². The van der Waals surface area contributed by atoms with Crippen LogP contribution in [-0.2, 0) is 0 Å². The molecule has 0 heterocycles. The summed E-state index contributed by atoms with van der Waals surface area (Å²) in [5.74, 6) is 0.514. The van der Waals surface area contributed by atoms with Crippen molar-refractivity contribution in [2.45, 2.75) is 25.7 Å². The third kappa shape index (κ3) is 2.25. The Kier molecular flexibility index (Phi) is 3.26. The van der Waals surface area contributed by atoms with Crippen LogP contribution in [0.15, 0.2) is 47.6 Å². The number of rotatable bonds is 1. The van der Waals surface area contributed by atoms with Crippen molar-refractivity contribution < 1.29 is 5.03 Å². The lowest BCUT2D eigenvalue weighted by atomic mass is 9.66. The highest BCUT2D eigenvalue weighted by Crippen LogP contribution is 2.45. The summed E-state index contributed by atoms with van der Waals surface area (Å²) in [6.07, 6.45) is 6.44. The highest BCUT2D eigenvalue weighted by atomic mass is 16.7. The normalized spacial score (nSPS) is 27.7. The van der Waals surface area contributed by atoms with Gasteiger partial charge in [-0.25, -0.2) is 10.1 Å². The van der Waals surface area contributed by atoms with Crippen LogP contribution in [0.25, 0.3) is 16.8 Å². The number of fused-ring (bicyclic) bond motifs is 5. The minimum Gasteiger partial charge on any atom is -0.233 e. The largest absolute Gasteiger partial charge is 0.233 e. The maximum atomic E-state index is 11.0. The third-order valence-electron chi connectivity index (χ3n) is 5.23. The fourth-order valence-electron chi connectivity index (χ4n) is 4.12. The van der Waals surface area contributed by atoms with Crippen molar-refractivity contribution in [3.63, 3.8) is 0 Å². The minimum absolute atomic E-state index is 0.0359. The lowest BCUT2D eigenvalue weighted by molar-refractivity contribution is -0.485. The molecule has 4 nitrogen and oxygen atoms in total. The molecule has 2 aromatic rings. The molecular formula is C19H18N2O2. The molecule has 4 rings (SSSR count). The zero-order valence-corrected chi connectivity index (χ0v) is 13.0. The average molecular weight is 306 g/mol. The van der Waals surface area contributed by atoms with Crippen molar-refractivity contribution in [3.05, 3.63) is 63.7 Å². The summed E-state index contributed by atoms with van der Waals surface area (Å²) in [5, 5.41) is 16.7. The highest BCUT2D eigenvalue weighted by molar-refractivity contribution is 5.99. The first kappa shape index (κ1) is 14.1. The zero-order valence-electron chi connectivity index (χ0n) is 13.0. The predicted octanol–water partition coefficient (Wildman–Crippen LogP) is 4.63. The van der Waals surface area contributed by atoms with Gasteiger partial charge in [0, 0.05) is 11.8 Å².